The standard InChI is InChI=1S/C17H23NO5/c1-22-14-5-4-13(11-15(14)23-2)17(21)18-9-7-12(8-10-18)3-6-16(19)20/h4-5,11-12H,3,6-10H2,1-2H3,(H,19,20). The average Bonchev–Trinajstić information content (AvgIpc) is 2.59. The highest BCUT2D eigenvalue weighted by atomic mass is 16.5. The predicted octanol–water partition coefficient (Wildman–Crippen LogP) is 2.42. The molecule has 1 aliphatic heterocycles. The van der Waals surface area contributed by atoms with Gasteiger partial charge in [-0.05, 0) is 43.4 Å². The fourth-order valence-electron chi connectivity index (χ4n) is 2.90. The van der Waals surface area contributed by atoms with Gasteiger partial charge in [-0.1, -0.05) is 0 Å². The molecule has 1 heterocycles. The van der Waals surface area contributed by atoms with Crippen molar-refractivity contribution in [2.45, 2.75) is 25.7 Å². The minimum Gasteiger partial charge on any atom is -0.493 e. The summed E-state index contributed by atoms with van der Waals surface area (Å²) in [6.45, 7) is 1.33. The minimum atomic E-state index is -0.756. The maximum atomic E-state index is 12.6. The van der Waals surface area contributed by atoms with Crippen LogP contribution in [0.5, 0.6) is 11.5 Å². The van der Waals surface area contributed by atoms with Crippen LogP contribution in [0, 0.1) is 5.92 Å². The monoisotopic (exact) mass is 321 g/mol. The van der Waals surface area contributed by atoms with E-state index in [1.54, 1.807) is 32.4 Å². The van der Waals surface area contributed by atoms with Crippen molar-refractivity contribution in [1.82, 2.24) is 4.90 Å². The summed E-state index contributed by atoms with van der Waals surface area (Å²) in [5.74, 6) is 0.739. The third kappa shape index (κ3) is 4.37. The van der Waals surface area contributed by atoms with E-state index in [2.05, 4.69) is 0 Å². The Balaban J connectivity index is 1.96. The van der Waals surface area contributed by atoms with Crippen molar-refractivity contribution in [2.75, 3.05) is 27.3 Å². The molecular formula is C17H23NO5. The molecule has 1 N–H and O–H groups in total. The zero-order chi connectivity index (χ0) is 16.8. The highest BCUT2D eigenvalue weighted by Gasteiger charge is 2.24. The van der Waals surface area contributed by atoms with E-state index in [0.29, 0.717) is 42.5 Å². The van der Waals surface area contributed by atoms with Crippen LogP contribution in [-0.2, 0) is 4.79 Å². The molecule has 0 unspecified atom stereocenters. The molecule has 0 aliphatic carbocycles. The van der Waals surface area contributed by atoms with E-state index in [1.807, 2.05) is 4.90 Å². The number of carbonyl (C=O) groups excluding carboxylic acids is 1. The highest BCUT2D eigenvalue weighted by molar-refractivity contribution is 5.95. The average molecular weight is 321 g/mol. The van der Waals surface area contributed by atoms with Crippen LogP contribution in [0.3, 0.4) is 0 Å². The van der Waals surface area contributed by atoms with Gasteiger partial charge in [0.15, 0.2) is 11.5 Å². The molecule has 126 valence electrons. The van der Waals surface area contributed by atoms with Gasteiger partial charge in [-0.25, -0.2) is 0 Å². The number of rotatable bonds is 6. The van der Waals surface area contributed by atoms with Gasteiger partial charge in [-0.3, -0.25) is 9.59 Å². The summed E-state index contributed by atoms with van der Waals surface area (Å²) in [6.07, 6.45) is 2.60. The summed E-state index contributed by atoms with van der Waals surface area (Å²) in [7, 11) is 3.10. The number of amides is 1. The Labute approximate surface area is 136 Å². The lowest BCUT2D eigenvalue weighted by Crippen LogP contribution is -2.38. The number of hydrogen-bond acceptors (Lipinski definition) is 4. The van der Waals surface area contributed by atoms with E-state index in [9.17, 15) is 9.59 Å². The van der Waals surface area contributed by atoms with Crippen molar-refractivity contribution in [3.8, 4) is 11.5 Å². The van der Waals surface area contributed by atoms with Gasteiger partial charge < -0.3 is 19.5 Å². The van der Waals surface area contributed by atoms with Crippen molar-refractivity contribution in [1.29, 1.82) is 0 Å². The number of likely N-dealkylation sites (tertiary alicyclic amines) is 1. The van der Waals surface area contributed by atoms with Crippen LogP contribution in [-0.4, -0.2) is 49.2 Å². The summed E-state index contributed by atoms with van der Waals surface area (Å²) in [5, 5.41) is 8.74. The van der Waals surface area contributed by atoms with Gasteiger partial charge in [0.25, 0.3) is 5.91 Å². The number of carboxylic acid groups (broad SMARTS) is 1. The quantitative estimate of drug-likeness (QED) is 0.871. The smallest absolute Gasteiger partial charge is 0.303 e. The van der Waals surface area contributed by atoms with Crippen LogP contribution >= 0.6 is 0 Å². The maximum absolute atomic E-state index is 12.6. The van der Waals surface area contributed by atoms with Gasteiger partial charge in [0.05, 0.1) is 14.2 Å². The first-order chi connectivity index (χ1) is 11.0. The van der Waals surface area contributed by atoms with Crippen LogP contribution in [0.1, 0.15) is 36.0 Å². The van der Waals surface area contributed by atoms with Crippen LogP contribution in [0.15, 0.2) is 18.2 Å². The zero-order valence-electron chi connectivity index (χ0n) is 13.6. The first-order valence-corrected chi connectivity index (χ1v) is 7.78. The number of aliphatic carboxylic acids is 1. The van der Waals surface area contributed by atoms with Crippen LogP contribution in [0.25, 0.3) is 0 Å². The Morgan fingerprint density at radius 2 is 1.83 bits per heavy atom. The largest absolute Gasteiger partial charge is 0.493 e. The summed E-state index contributed by atoms with van der Waals surface area (Å²) in [4.78, 5) is 25.0. The molecule has 6 nitrogen and oxygen atoms in total. The second kappa shape index (κ2) is 7.85. The second-order valence-corrected chi connectivity index (χ2v) is 5.74. The van der Waals surface area contributed by atoms with Crippen LogP contribution < -0.4 is 9.47 Å². The lowest BCUT2D eigenvalue weighted by Gasteiger charge is -2.32. The van der Waals surface area contributed by atoms with Crippen molar-refractivity contribution >= 4 is 11.9 Å². The van der Waals surface area contributed by atoms with E-state index in [4.69, 9.17) is 14.6 Å². The summed E-state index contributed by atoms with van der Waals surface area (Å²) in [5.41, 5.74) is 0.576. The van der Waals surface area contributed by atoms with Crippen molar-refractivity contribution < 1.29 is 24.2 Å². The lowest BCUT2D eigenvalue weighted by molar-refractivity contribution is -0.137. The molecule has 1 aromatic carbocycles. The number of benzene rings is 1. The Kier molecular flexibility index (Phi) is 5.84. The summed E-state index contributed by atoms with van der Waals surface area (Å²) >= 11 is 0. The number of carbonyl (C=O) groups is 2. The number of ether oxygens (including phenoxy) is 2. The topological polar surface area (TPSA) is 76.1 Å². The molecule has 0 spiro atoms. The third-order valence-corrected chi connectivity index (χ3v) is 4.30. The Morgan fingerprint density at radius 3 is 2.39 bits per heavy atom. The normalized spacial score (nSPS) is 15.3. The Morgan fingerprint density at radius 1 is 1.17 bits per heavy atom. The van der Waals surface area contributed by atoms with Gasteiger partial charge in [0.1, 0.15) is 0 Å². The number of carboxylic acids is 1. The first-order valence-electron chi connectivity index (χ1n) is 7.78. The van der Waals surface area contributed by atoms with E-state index < -0.39 is 5.97 Å². The molecule has 0 bridgehead atoms. The number of methoxy groups -OCH3 is 2. The van der Waals surface area contributed by atoms with Gasteiger partial charge >= 0.3 is 5.97 Å². The maximum Gasteiger partial charge on any atom is 0.303 e. The fourth-order valence-corrected chi connectivity index (χ4v) is 2.90. The summed E-state index contributed by atoms with van der Waals surface area (Å²) < 4.78 is 10.4. The molecule has 0 radical (unpaired) electrons. The molecule has 1 aromatic rings. The molecule has 6 heteroatoms. The Bertz CT molecular complexity index is 564. The van der Waals surface area contributed by atoms with Gasteiger partial charge in [-0.2, -0.15) is 0 Å². The van der Waals surface area contributed by atoms with E-state index in [1.165, 1.54) is 0 Å². The number of hydrogen-bond donors (Lipinski definition) is 1. The fraction of sp³-hybridized carbons (Fsp3) is 0.529. The molecule has 1 saturated heterocycles. The lowest BCUT2D eigenvalue weighted by atomic mass is 9.92. The molecule has 0 saturated carbocycles. The minimum absolute atomic E-state index is 0.0253. The predicted molar refractivity (Wildman–Crippen MR) is 85.0 cm³/mol. The van der Waals surface area contributed by atoms with E-state index in [-0.39, 0.29) is 12.3 Å². The third-order valence-electron chi connectivity index (χ3n) is 4.30. The molecule has 1 amide bonds. The molecular weight excluding hydrogens is 298 g/mol. The van der Waals surface area contributed by atoms with Crippen molar-refractivity contribution in [2.24, 2.45) is 5.92 Å². The highest BCUT2D eigenvalue weighted by Crippen LogP contribution is 2.29. The molecule has 1 fully saturated rings. The van der Waals surface area contributed by atoms with Gasteiger partial charge in [-0.15, -0.1) is 0 Å². The number of nitrogens with zero attached hydrogens (tertiary/aromatic N) is 1. The van der Waals surface area contributed by atoms with Crippen LogP contribution in [0.4, 0.5) is 0 Å². The number of piperidine rings is 1. The van der Waals surface area contributed by atoms with Crippen molar-refractivity contribution in [3.63, 3.8) is 0 Å². The Hall–Kier alpha value is -2.24. The van der Waals surface area contributed by atoms with E-state index >= 15 is 0 Å². The SMILES string of the molecule is COc1ccc(C(=O)N2CCC(CCC(=O)O)CC2)cc1OC. The van der Waals surface area contributed by atoms with E-state index in [0.717, 1.165) is 12.8 Å². The zero-order valence-corrected chi connectivity index (χ0v) is 13.6. The van der Waals surface area contributed by atoms with Crippen LogP contribution in [0.2, 0.25) is 0 Å². The van der Waals surface area contributed by atoms with Crippen molar-refractivity contribution in [3.05, 3.63) is 23.8 Å². The summed E-state index contributed by atoms with van der Waals surface area (Å²) in [6, 6.07) is 5.16. The molecule has 0 atom stereocenters. The van der Waals surface area contributed by atoms with Gasteiger partial charge in [0, 0.05) is 25.1 Å². The first kappa shape index (κ1) is 17.1. The molecule has 23 heavy (non-hydrogen) atoms. The van der Waals surface area contributed by atoms with Gasteiger partial charge in [0.2, 0.25) is 0 Å². The molecule has 1 aliphatic rings. The molecule has 2 rings (SSSR count). The molecule has 0 aromatic heterocycles. The second-order valence-electron chi connectivity index (χ2n) is 5.74.